The van der Waals surface area contributed by atoms with Crippen LogP contribution in [0.4, 0.5) is 0 Å². The van der Waals surface area contributed by atoms with Crippen LogP contribution in [0, 0.1) is 17.8 Å². The molecular weight excluding hydrogens is 304 g/mol. The molecule has 2 nitrogen and oxygen atoms in total. The lowest BCUT2D eigenvalue weighted by molar-refractivity contribution is 0.131. The molecule has 0 aromatic heterocycles. The highest BCUT2D eigenvalue weighted by Gasteiger charge is 2.46. The van der Waals surface area contributed by atoms with E-state index in [4.69, 9.17) is 11.6 Å². The van der Waals surface area contributed by atoms with E-state index in [1.807, 2.05) is 6.07 Å². The number of piperazine rings is 1. The van der Waals surface area contributed by atoms with Gasteiger partial charge in [0.15, 0.2) is 0 Å². The Hall–Kier alpha value is -0.570. The molecule has 0 amide bonds. The fourth-order valence-electron chi connectivity index (χ4n) is 4.50. The summed E-state index contributed by atoms with van der Waals surface area (Å²) in [4.78, 5) is 5.15. The molecule has 2 aliphatic carbocycles. The van der Waals surface area contributed by atoms with Crippen molar-refractivity contribution in [2.75, 3.05) is 39.8 Å². The molecule has 3 aliphatic rings. The van der Waals surface area contributed by atoms with E-state index in [0.717, 1.165) is 22.8 Å². The minimum Gasteiger partial charge on any atom is -0.304 e. The molecule has 1 unspecified atom stereocenters. The van der Waals surface area contributed by atoms with Crippen molar-refractivity contribution in [1.82, 2.24) is 9.80 Å². The minimum atomic E-state index is 0.678. The summed E-state index contributed by atoms with van der Waals surface area (Å²) in [6, 6.07) is 8.72. The fourth-order valence-corrected chi connectivity index (χ4v) is 4.70. The third kappa shape index (κ3) is 3.92. The molecule has 3 heteroatoms. The SMILES string of the molecule is CN1CCN(CC(c2cccc(Cl)c2)C(C2CC2)C2CC2)CC1. The maximum absolute atomic E-state index is 6.33. The number of hydrogen-bond donors (Lipinski definition) is 0. The highest BCUT2D eigenvalue weighted by molar-refractivity contribution is 6.30. The Morgan fingerprint density at radius 3 is 2.26 bits per heavy atom. The zero-order chi connectivity index (χ0) is 15.8. The van der Waals surface area contributed by atoms with Crippen LogP contribution in [0.15, 0.2) is 24.3 Å². The number of rotatable bonds is 6. The number of halogens is 1. The molecule has 3 fully saturated rings. The highest BCUT2D eigenvalue weighted by Crippen LogP contribution is 2.55. The lowest BCUT2D eigenvalue weighted by Gasteiger charge is -2.37. The minimum absolute atomic E-state index is 0.678. The molecule has 2 saturated carbocycles. The second kappa shape index (κ2) is 6.74. The van der Waals surface area contributed by atoms with Crippen LogP contribution < -0.4 is 0 Å². The summed E-state index contributed by atoms with van der Waals surface area (Å²) < 4.78 is 0. The van der Waals surface area contributed by atoms with Crippen LogP contribution in [0.1, 0.15) is 37.2 Å². The summed E-state index contributed by atoms with van der Waals surface area (Å²) in [5, 5.41) is 0.899. The Kier molecular flexibility index (Phi) is 4.67. The zero-order valence-electron chi connectivity index (χ0n) is 14.3. The number of hydrogen-bond acceptors (Lipinski definition) is 2. The van der Waals surface area contributed by atoms with Gasteiger partial charge in [-0.1, -0.05) is 23.7 Å². The van der Waals surface area contributed by atoms with Crippen LogP contribution in [-0.2, 0) is 0 Å². The molecular formula is C20H29ClN2. The Labute approximate surface area is 145 Å². The lowest BCUT2D eigenvalue weighted by Crippen LogP contribution is -2.46. The van der Waals surface area contributed by atoms with Gasteiger partial charge in [-0.3, -0.25) is 0 Å². The first-order chi connectivity index (χ1) is 11.2. The molecule has 1 saturated heterocycles. The zero-order valence-corrected chi connectivity index (χ0v) is 15.0. The Bertz CT molecular complexity index is 518. The number of likely N-dealkylation sites (N-methyl/N-ethyl adjacent to an activating group) is 1. The summed E-state index contributed by atoms with van der Waals surface area (Å²) in [5.74, 6) is 3.54. The highest BCUT2D eigenvalue weighted by atomic mass is 35.5. The third-order valence-electron chi connectivity index (χ3n) is 6.12. The lowest BCUT2D eigenvalue weighted by atomic mass is 9.79. The maximum Gasteiger partial charge on any atom is 0.0408 e. The molecule has 0 radical (unpaired) electrons. The van der Waals surface area contributed by atoms with Crippen LogP contribution >= 0.6 is 11.6 Å². The van der Waals surface area contributed by atoms with Gasteiger partial charge in [-0.2, -0.15) is 0 Å². The van der Waals surface area contributed by atoms with Crippen molar-refractivity contribution < 1.29 is 0 Å². The Balaban J connectivity index is 1.55. The van der Waals surface area contributed by atoms with E-state index in [9.17, 15) is 0 Å². The molecule has 0 bridgehead atoms. The van der Waals surface area contributed by atoms with Gasteiger partial charge in [0.05, 0.1) is 0 Å². The summed E-state index contributed by atoms with van der Waals surface area (Å²) >= 11 is 6.33. The van der Waals surface area contributed by atoms with Crippen LogP contribution in [0.25, 0.3) is 0 Å². The molecule has 1 heterocycles. The van der Waals surface area contributed by atoms with Gasteiger partial charge in [0.1, 0.15) is 0 Å². The van der Waals surface area contributed by atoms with Gasteiger partial charge in [-0.25, -0.2) is 0 Å². The molecule has 0 N–H and O–H groups in total. The van der Waals surface area contributed by atoms with E-state index in [-0.39, 0.29) is 0 Å². The summed E-state index contributed by atoms with van der Waals surface area (Å²) in [6.07, 6.45) is 5.84. The van der Waals surface area contributed by atoms with Crippen molar-refractivity contribution in [3.63, 3.8) is 0 Å². The van der Waals surface area contributed by atoms with Crippen molar-refractivity contribution >= 4 is 11.6 Å². The molecule has 23 heavy (non-hydrogen) atoms. The van der Waals surface area contributed by atoms with E-state index in [2.05, 4.69) is 35.0 Å². The second-order valence-corrected chi connectivity index (χ2v) is 8.45. The van der Waals surface area contributed by atoms with Gasteiger partial charge < -0.3 is 9.80 Å². The first kappa shape index (κ1) is 15.9. The first-order valence-corrected chi connectivity index (χ1v) is 9.75. The maximum atomic E-state index is 6.33. The smallest absolute Gasteiger partial charge is 0.0408 e. The fraction of sp³-hybridized carbons (Fsp3) is 0.700. The van der Waals surface area contributed by atoms with Crippen molar-refractivity contribution in [2.45, 2.75) is 31.6 Å². The van der Waals surface area contributed by atoms with Crippen LogP contribution in [0.3, 0.4) is 0 Å². The second-order valence-electron chi connectivity index (χ2n) is 8.02. The van der Waals surface area contributed by atoms with Crippen molar-refractivity contribution in [2.24, 2.45) is 17.8 Å². The van der Waals surface area contributed by atoms with Crippen molar-refractivity contribution in [3.8, 4) is 0 Å². The average molecular weight is 333 g/mol. The Morgan fingerprint density at radius 2 is 1.70 bits per heavy atom. The molecule has 126 valence electrons. The van der Waals surface area contributed by atoms with E-state index >= 15 is 0 Å². The van der Waals surface area contributed by atoms with Crippen molar-refractivity contribution in [1.29, 1.82) is 0 Å². The van der Waals surface area contributed by atoms with E-state index in [1.165, 1.54) is 64.0 Å². The van der Waals surface area contributed by atoms with Gasteiger partial charge in [-0.15, -0.1) is 0 Å². The van der Waals surface area contributed by atoms with E-state index in [0.29, 0.717) is 5.92 Å². The first-order valence-electron chi connectivity index (χ1n) is 9.37. The van der Waals surface area contributed by atoms with Gasteiger partial charge in [0.2, 0.25) is 0 Å². The largest absolute Gasteiger partial charge is 0.304 e. The van der Waals surface area contributed by atoms with Gasteiger partial charge in [-0.05, 0) is 68.2 Å². The molecule has 1 aliphatic heterocycles. The average Bonchev–Trinajstić information content (AvgIpc) is 3.43. The van der Waals surface area contributed by atoms with Gasteiger partial charge in [0.25, 0.3) is 0 Å². The predicted molar refractivity (Wildman–Crippen MR) is 97.1 cm³/mol. The topological polar surface area (TPSA) is 6.48 Å². The van der Waals surface area contributed by atoms with Gasteiger partial charge >= 0.3 is 0 Å². The van der Waals surface area contributed by atoms with Crippen molar-refractivity contribution in [3.05, 3.63) is 34.9 Å². The Morgan fingerprint density at radius 1 is 1.04 bits per heavy atom. The molecule has 1 aromatic rings. The standard InChI is InChI=1S/C20H29ClN2/c1-22-9-11-23(12-10-22)14-19(17-3-2-4-18(21)13-17)20(15-5-6-15)16-7-8-16/h2-4,13,15-16,19-20H,5-12,14H2,1H3. The predicted octanol–water partition coefficient (Wildman–Crippen LogP) is 4.11. The molecule has 1 aromatic carbocycles. The normalized spacial score (nSPS) is 25.0. The number of benzene rings is 1. The van der Waals surface area contributed by atoms with E-state index < -0.39 is 0 Å². The number of nitrogens with zero attached hydrogens (tertiary/aromatic N) is 2. The summed E-state index contributed by atoms with van der Waals surface area (Å²) in [7, 11) is 2.24. The molecule has 4 rings (SSSR count). The van der Waals surface area contributed by atoms with Crippen LogP contribution in [0.2, 0.25) is 5.02 Å². The molecule has 0 spiro atoms. The van der Waals surface area contributed by atoms with Crippen LogP contribution in [0.5, 0.6) is 0 Å². The monoisotopic (exact) mass is 332 g/mol. The quantitative estimate of drug-likeness (QED) is 0.773. The molecule has 1 atom stereocenters. The summed E-state index contributed by atoms with van der Waals surface area (Å²) in [6.45, 7) is 6.08. The third-order valence-corrected chi connectivity index (χ3v) is 6.36. The van der Waals surface area contributed by atoms with E-state index in [1.54, 1.807) is 0 Å². The van der Waals surface area contributed by atoms with Crippen LogP contribution in [-0.4, -0.2) is 49.6 Å². The van der Waals surface area contributed by atoms with Gasteiger partial charge in [0, 0.05) is 43.7 Å². The summed E-state index contributed by atoms with van der Waals surface area (Å²) in [5.41, 5.74) is 1.49.